The average molecular weight is 139 g/mol. The first-order valence-corrected chi connectivity index (χ1v) is 4.57. The summed E-state index contributed by atoms with van der Waals surface area (Å²) in [4.78, 5) is 2.70. The quantitative estimate of drug-likeness (QED) is 0.564. The van der Waals surface area contributed by atoms with E-state index in [4.69, 9.17) is 0 Å². The van der Waals surface area contributed by atoms with Gasteiger partial charge in [-0.1, -0.05) is 6.92 Å². The van der Waals surface area contributed by atoms with Crippen LogP contribution in [0.5, 0.6) is 0 Å². The summed E-state index contributed by atoms with van der Waals surface area (Å²) in [7, 11) is 0. The van der Waals surface area contributed by atoms with Crippen LogP contribution in [0, 0.1) is 5.92 Å². The second-order valence-corrected chi connectivity index (χ2v) is 3.95. The van der Waals surface area contributed by atoms with Gasteiger partial charge in [0.1, 0.15) is 0 Å². The minimum atomic E-state index is 0.845. The van der Waals surface area contributed by atoms with Gasteiger partial charge in [-0.15, -0.1) is 0 Å². The monoisotopic (exact) mass is 139 g/mol. The van der Waals surface area contributed by atoms with Gasteiger partial charge in [-0.05, 0) is 32.1 Å². The highest BCUT2D eigenvalue weighted by molar-refractivity contribution is 4.98. The van der Waals surface area contributed by atoms with Gasteiger partial charge in [-0.25, -0.2) is 0 Å². The summed E-state index contributed by atoms with van der Waals surface area (Å²) in [5.74, 6) is 1.08. The van der Waals surface area contributed by atoms with Gasteiger partial charge in [0.2, 0.25) is 0 Å². The molecule has 58 valence electrons. The van der Waals surface area contributed by atoms with E-state index in [-0.39, 0.29) is 0 Å². The van der Waals surface area contributed by atoms with Gasteiger partial charge in [0.15, 0.2) is 0 Å². The molecule has 2 aliphatic heterocycles. The summed E-state index contributed by atoms with van der Waals surface area (Å²) in [6, 6.07) is 1.83. The third-order valence-electron chi connectivity index (χ3n) is 3.31. The molecule has 3 rings (SSSR count). The van der Waals surface area contributed by atoms with Gasteiger partial charge in [-0.2, -0.15) is 0 Å². The highest BCUT2D eigenvalue weighted by Crippen LogP contribution is 2.41. The van der Waals surface area contributed by atoms with Crippen LogP contribution in [0.4, 0.5) is 0 Å². The van der Waals surface area contributed by atoms with Crippen LogP contribution in [0.3, 0.4) is 0 Å². The third-order valence-corrected chi connectivity index (χ3v) is 3.31. The lowest BCUT2D eigenvalue weighted by Crippen LogP contribution is -2.35. The van der Waals surface area contributed by atoms with Gasteiger partial charge < -0.3 is 0 Å². The fourth-order valence-corrected chi connectivity index (χ4v) is 2.34. The van der Waals surface area contributed by atoms with Crippen molar-refractivity contribution in [2.24, 2.45) is 5.92 Å². The van der Waals surface area contributed by atoms with E-state index in [0.717, 1.165) is 18.0 Å². The largest absolute Gasteiger partial charge is 0.297 e. The highest BCUT2D eigenvalue weighted by atomic mass is 15.2. The van der Waals surface area contributed by atoms with E-state index in [1.165, 1.54) is 25.8 Å². The zero-order valence-corrected chi connectivity index (χ0v) is 7.01. The molecule has 2 saturated heterocycles. The predicted octanol–water partition coefficient (Wildman–Crippen LogP) is 1.88. The summed E-state index contributed by atoms with van der Waals surface area (Å²) in [6.45, 7) is 6.06. The number of rotatable bonds is 2. The lowest BCUT2D eigenvalue weighted by atomic mass is 9.86. The van der Waals surface area contributed by atoms with Crippen LogP contribution in [0.2, 0.25) is 0 Å². The molecule has 1 saturated carbocycles. The Labute approximate surface area is 63.4 Å². The molecule has 3 aliphatic rings. The van der Waals surface area contributed by atoms with E-state index in [9.17, 15) is 0 Å². The zero-order valence-electron chi connectivity index (χ0n) is 7.01. The Balaban J connectivity index is 1.94. The molecule has 1 atom stereocenters. The minimum absolute atomic E-state index is 0.845. The van der Waals surface area contributed by atoms with Crippen molar-refractivity contribution in [3.63, 3.8) is 0 Å². The smallest absolute Gasteiger partial charge is 0.0104 e. The molecule has 0 spiro atoms. The Kier molecular flexibility index (Phi) is 1.48. The number of hydrogen-bond acceptors (Lipinski definition) is 1. The topological polar surface area (TPSA) is 3.24 Å². The van der Waals surface area contributed by atoms with Crippen molar-refractivity contribution >= 4 is 0 Å². The van der Waals surface area contributed by atoms with Crippen molar-refractivity contribution < 1.29 is 0 Å². The van der Waals surface area contributed by atoms with Crippen LogP contribution in [-0.4, -0.2) is 23.5 Å². The van der Waals surface area contributed by atoms with Gasteiger partial charge in [0.25, 0.3) is 0 Å². The van der Waals surface area contributed by atoms with Crippen LogP contribution in [0.25, 0.3) is 0 Å². The molecule has 1 nitrogen and oxygen atoms in total. The van der Waals surface area contributed by atoms with Crippen molar-refractivity contribution in [1.29, 1.82) is 0 Å². The maximum absolute atomic E-state index is 2.70. The molecule has 0 aromatic heterocycles. The van der Waals surface area contributed by atoms with Gasteiger partial charge >= 0.3 is 0 Å². The Morgan fingerprint density at radius 2 is 2.20 bits per heavy atom. The van der Waals surface area contributed by atoms with E-state index in [1.807, 2.05) is 0 Å². The first-order chi connectivity index (χ1) is 4.81. The van der Waals surface area contributed by atoms with Crippen molar-refractivity contribution in [1.82, 2.24) is 4.90 Å². The Morgan fingerprint density at radius 3 is 2.60 bits per heavy atom. The summed E-state index contributed by atoms with van der Waals surface area (Å²) >= 11 is 0. The first-order valence-electron chi connectivity index (χ1n) is 4.57. The molecule has 0 aromatic rings. The molecule has 2 bridgehead atoms. The SMILES string of the molecule is CCC(C)N1CC2CC1C2. The highest BCUT2D eigenvalue weighted by Gasteiger charge is 2.43. The third kappa shape index (κ3) is 0.800. The number of fused-ring (bicyclic) bond motifs is 1. The minimum Gasteiger partial charge on any atom is -0.297 e. The summed E-state index contributed by atoms with van der Waals surface area (Å²) in [5.41, 5.74) is 0. The molecule has 1 aliphatic carbocycles. The van der Waals surface area contributed by atoms with Crippen LogP contribution < -0.4 is 0 Å². The fraction of sp³-hybridized carbons (Fsp3) is 1.00. The molecule has 1 heteroatoms. The molecule has 0 radical (unpaired) electrons. The molecule has 10 heavy (non-hydrogen) atoms. The van der Waals surface area contributed by atoms with E-state index in [0.29, 0.717) is 0 Å². The molecule has 0 aromatic carbocycles. The van der Waals surface area contributed by atoms with Gasteiger partial charge in [0.05, 0.1) is 0 Å². The zero-order chi connectivity index (χ0) is 7.14. The van der Waals surface area contributed by atoms with Crippen molar-refractivity contribution in [2.75, 3.05) is 6.54 Å². The predicted molar refractivity (Wildman–Crippen MR) is 43.0 cm³/mol. The van der Waals surface area contributed by atoms with E-state index < -0.39 is 0 Å². The lowest BCUT2D eigenvalue weighted by Gasteiger charge is -2.29. The van der Waals surface area contributed by atoms with E-state index in [2.05, 4.69) is 18.7 Å². The fourth-order valence-electron chi connectivity index (χ4n) is 2.34. The summed E-state index contributed by atoms with van der Waals surface area (Å²) < 4.78 is 0. The molecule has 2 heterocycles. The van der Waals surface area contributed by atoms with Crippen LogP contribution in [0.15, 0.2) is 0 Å². The van der Waals surface area contributed by atoms with Crippen molar-refractivity contribution in [2.45, 2.75) is 45.2 Å². The van der Waals surface area contributed by atoms with E-state index in [1.54, 1.807) is 0 Å². The van der Waals surface area contributed by atoms with Crippen LogP contribution in [-0.2, 0) is 0 Å². The standard InChI is InChI=1S/C9H17N/c1-3-7(2)10-6-8-4-9(10)5-8/h7-9H,3-6H2,1-2H3. The van der Waals surface area contributed by atoms with Crippen LogP contribution in [0.1, 0.15) is 33.1 Å². The summed E-state index contributed by atoms with van der Waals surface area (Å²) in [5, 5.41) is 0. The summed E-state index contributed by atoms with van der Waals surface area (Å²) in [6.07, 6.45) is 4.33. The van der Waals surface area contributed by atoms with Gasteiger partial charge in [-0.3, -0.25) is 4.90 Å². The maximum atomic E-state index is 2.70. The molecule has 0 amide bonds. The average Bonchev–Trinajstić information content (AvgIpc) is 2.39. The molecular formula is C9H17N. The lowest BCUT2D eigenvalue weighted by molar-refractivity contribution is 0.191. The van der Waals surface area contributed by atoms with Crippen molar-refractivity contribution in [3.8, 4) is 0 Å². The maximum Gasteiger partial charge on any atom is 0.0104 e. The Bertz CT molecular complexity index is 127. The number of nitrogens with zero attached hydrogens (tertiary/aromatic N) is 1. The molecule has 0 N–H and O–H groups in total. The van der Waals surface area contributed by atoms with Crippen molar-refractivity contribution in [3.05, 3.63) is 0 Å². The Hall–Kier alpha value is -0.0400. The second-order valence-electron chi connectivity index (χ2n) is 3.95. The number of hydrogen-bond donors (Lipinski definition) is 0. The Morgan fingerprint density at radius 1 is 1.50 bits per heavy atom. The van der Waals surface area contributed by atoms with Crippen LogP contribution >= 0.6 is 0 Å². The van der Waals surface area contributed by atoms with E-state index >= 15 is 0 Å². The van der Waals surface area contributed by atoms with Gasteiger partial charge in [0, 0.05) is 18.6 Å². The second kappa shape index (κ2) is 2.23. The molecular weight excluding hydrogens is 122 g/mol. The first kappa shape index (κ1) is 6.66. The normalized spacial score (nSPS) is 41.4. The molecule has 3 fully saturated rings. The molecule has 1 unspecified atom stereocenters.